The number of halogens is 1. The molecule has 0 aliphatic carbocycles. The Morgan fingerprint density at radius 1 is 1.35 bits per heavy atom. The number of aliphatic hydroxyl groups excluding tert-OH is 1. The van der Waals surface area contributed by atoms with Crippen molar-refractivity contribution in [1.82, 2.24) is 4.90 Å². The quantitative estimate of drug-likeness (QED) is 0.810. The van der Waals surface area contributed by atoms with Crippen LogP contribution in [0.1, 0.15) is 30.9 Å². The number of hydrogen-bond acceptors (Lipinski definition) is 3. The molecule has 1 N–H and O–H groups in total. The largest absolute Gasteiger partial charge is 0.395 e. The van der Waals surface area contributed by atoms with Gasteiger partial charge >= 0.3 is 0 Å². The molecule has 0 heterocycles. The maximum Gasteiger partial charge on any atom is 0.138 e. The van der Waals surface area contributed by atoms with Crippen molar-refractivity contribution in [2.45, 2.75) is 26.3 Å². The minimum atomic E-state index is -0.348. The molecule has 0 amide bonds. The van der Waals surface area contributed by atoms with Gasteiger partial charge in [0, 0.05) is 25.9 Å². The predicted molar refractivity (Wildman–Crippen MR) is 76.2 cm³/mol. The van der Waals surface area contributed by atoms with Gasteiger partial charge in [-0.15, -0.1) is 0 Å². The molecule has 0 unspecified atom stereocenters. The van der Waals surface area contributed by atoms with E-state index in [1.165, 1.54) is 6.07 Å². The smallest absolute Gasteiger partial charge is 0.138 e. The average molecular weight is 274 g/mol. The van der Waals surface area contributed by atoms with Gasteiger partial charge < -0.3 is 5.11 Å². The molecule has 0 aliphatic rings. The Bertz CT molecular complexity index is 526. The third-order valence-corrected chi connectivity index (χ3v) is 2.88. The zero-order valence-corrected chi connectivity index (χ0v) is 11.7. The molecule has 0 aliphatic heterocycles. The Labute approximate surface area is 119 Å². The van der Waals surface area contributed by atoms with E-state index in [9.17, 15) is 4.39 Å². The van der Waals surface area contributed by atoms with Crippen LogP contribution in [0.3, 0.4) is 0 Å². The zero-order valence-electron chi connectivity index (χ0n) is 11.7. The van der Waals surface area contributed by atoms with Gasteiger partial charge in [0.1, 0.15) is 5.82 Å². The van der Waals surface area contributed by atoms with Crippen molar-refractivity contribution in [3.05, 3.63) is 35.1 Å². The van der Waals surface area contributed by atoms with E-state index in [0.29, 0.717) is 31.5 Å². The second-order valence-electron chi connectivity index (χ2n) is 4.37. The Kier molecular flexibility index (Phi) is 7.35. The van der Waals surface area contributed by atoms with Crippen LogP contribution >= 0.6 is 0 Å². The molecular formula is C16H19FN2O. The van der Waals surface area contributed by atoms with Gasteiger partial charge in [0.05, 0.1) is 18.2 Å². The van der Waals surface area contributed by atoms with Crippen LogP contribution in [0.5, 0.6) is 0 Å². The molecule has 0 radical (unpaired) electrons. The van der Waals surface area contributed by atoms with Crippen LogP contribution in [0.2, 0.25) is 0 Å². The average Bonchev–Trinajstić information content (AvgIpc) is 2.46. The van der Waals surface area contributed by atoms with Gasteiger partial charge in [0.15, 0.2) is 0 Å². The minimum Gasteiger partial charge on any atom is -0.395 e. The summed E-state index contributed by atoms with van der Waals surface area (Å²) in [7, 11) is 0. The molecule has 0 spiro atoms. The fourth-order valence-corrected chi connectivity index (χ4v) is 1.80. The van der Waals surface area contributed by atoms with Crippen LogP contribution in [0.25, 0.3) is 0 Å². The predicted octanol–water partition coefficient (Wildman–Crippen LogP) is 2.30. The summed E-state index contributed by atoms with van der Waals surface area (Å²) in [4.78, 5) is 2.13. The van der Waals surface area contributed by atoms with Crippen molar-refractivity contribution >= 4 is 0 Å². The third kappa shape index (κ3) is 5.40. The van der Waals surface area contributed by atoms with Crippen LogP contribution < -0.4 is 0 Å². The first kappa shape index (κ1) is 16.2. The van der Waals surface area contributed by atoms with Gasteiger partial charge in [0.2, 0.25) is 0 Å². The van der Waals surface area contributed by atoms with Gasteiger partial charge in [-0.1, -0.05) is 24.8 Å². The zero-order chi connectivity index (χ0) is 14.8. The molecule has 1 aromatic rings. The summed E-state index contributed by atoms with van der Waals surface area (Å²) in [6.07, 6.45) is 0.825. The maximum atomic E-state index is 13.6. The van der Waals surface area contributed by atoms with E-state index in [1.807, 2.05) is 6.92 Å². The highest BCUT2D eigenvalue weighted by Crippen LogP contribution is 2.12. The third-order valence-electron chi connectivity index (χ3n) is 2.88. The molecule has 4 heteroatoms. The molecule has 20 heavy (non-hydrogen) atoms. The molecule has 0 atom stereocenters. The van der Waals surface area contributed by atoms with E-state index >= 15 is 0 Å². The summed E-state index contributed by atoms with van der Waals surface area (Å²) in [5.41, 5.74) is 1.33. The molecule has 1 aromatic carbocycles. The lowest BCUT2D eigenvalue weighted by Crippen LogP contribution is -2.23. The standard InChI is InChI=1S/C16H19FN2O/c1-2-19(10-5-9-18)13-14-7-8-16(17)15(12-14)6-3-4-11-20/h7-8,12,20H,2,4-5,10-11,13H2,1H3. The van der Waals surface area contributed by atoms with Crippen molar-refractivity contribution in [2.75, 3.05) is 19.7 Å². The first-order valence-corrected chi connectivity index (χ1v) is 6.68. The SMILES string of the molecule is CCN(CCC#N)Cc1ccc(F)c(C#CCCO)c1. The highest BCUT2D eigenvalue weighted by molar-refractivity contribution is 5.38. The fraction of sp³-hybridized carbons (Fsp3) is 0.438. The van der Waals surface area contributed by atoms with E-state index in [0.717, 1.165) is 12.1 Å². The summed E-state index contributed by atoms with van der Waals surface area (Å²) in [5, 5.41) is 17.3. The lowest BCUT2D eigenvalue weighted by atomic mass is 10.1. The number of rotatable bonds is 6. The van der Waals surface area contributed by atoms with E-state index in [4.69, 9.17) is 10.4 Å². The van der Waals surface area contributed by atoms with E-state index in [2.05, 4.69) is 22.8 Å². The molecule has 0 saturated heterocycles. The lowest BCUT2D eigenvalue weighted by molar-refractivity contribution is 0.286. The highest BCUT2D eigenvalue weighted by atomic mass is 19.1. The lowest BCUT2D eigenvalue weighted by Gasteiger charge is -2.19. The summed E-state index contributed by atoms with van der Waals surface area (Å²) < 4.78 is 13.6. The van der Waals surface area contributed by atoms with Gasteiger partial charge in [-0.3, -0.25) is 4.90 Å². The fourth-order valence-electron chi connectivity index (χ4n) is 1.80. The first-order chi connectivity index (χ1) is 9.71. The molecule has 0 saturated carbocycles. The van der Waals surface area contributed by atoms with Crippen molar-refractivity contribution in [2.24, 2.45) is 0 Å². The summed E-state index contributed by atoms with van der Waals surface area (Å²) >= 11 is 0. The van der Waals surface area contributed by atoms with Crippen molar-refractivity contribution in [3.63, 3.8) is 0 Å². The van der Waals surface area contributed by atoms with Gasteiger partial charge in [-0.2, -0.15) is 5.26 Å². The Balaban J connectivity index is 2.79. The number of nitrogens with zero attached hydrogens (tertiary/aromatic N) is 2. The summed E-state index contributed by atoms with van der Waals surface area (Å²) in [5.74, 6) is 5.11. The van der Waals surface area contributed by atoms with Crippen LogP contribution in [0.15, 0.2) is 18.2 Å². The van der Waals surface area contributed by atoms with Gasteiger partial charge in [0.25, 0.3) is 0 Å². The van der Waals surface area contributed by atoms with Crippen LogP contribution in [0.4, 0.5) is 4.39 Å². The summed E-state index contributed by atoms with van der Waals surface area (Å²) in [6.45, 7) is 4.22. The molecule has 0 aromatic heterocycles. The Morgan fingerprint density at radius 2 is 2.15 bits per heavy atom. The van der Waals surface area contributed by atoms with Crippen molar-refractivity contribution in [1.29, 1.82) is 5.26 Å². The van der Waals surface area contributed by atoms with Crippen molar-refractivity contribution in [3.8, 4) is 17.9 Å². The number of benzene rings is 1. The second kappa shape index (κ2) is 9.09. The van der Waals surface area contributed by atoms with Gasteiger partial charge in [-0.05, 0) is 24.2 Å². The van der Waals surface area contributed by atoms with E-state index in [-0.39, 0.29) is 12.4 Å². The second-order valence-corrected chi connectivity index (χ2v) is 4.37. The van der Waals surface area contributed by atoms with Crippen LogP contribution in [-0.4, -0.2) is 29.7 Å². The first-order valence-electron chi connectivity index (χ1n) is 6.68. The molecule has 106 valence electrons. The molecule has 1 rings (SSSR count). The van der Waals surface area contributed by atoms with Crippen LogP contribution in [0, 0.1) is 29.0 Å². The van der Waals surface area contributed by atoms with Gasteiger partial charge in [-0.25, -0.2) is 4.39 Å². The molecular weight excluding hydrogens is 255 g/mol. The van der Waals surface area contributed by atoms with E-state index in [1.54, 1.807) is 12.1 Å². The topological polar surface area (TPSA) is 47.3 Å². The monoisotopic (exact) mass is 274 g/mol. The minimum absolute atomic E-state index is 0.0217. The van der Waals surface area contributed by atoms with Crippen LogP contribution in [-0.2, 0) is 6.54 Å². The van der Waals surface area contributed by atoms with E-state index < -0.39 is 0 Å². The Morgan fingerprint density at radius 3 is 2.80 bits per heavy atom. The maximum absolute atomic E-state index is 13.6. The Hall–Kier alpha value is -1.88. The molecule has 0 fully saturated rings. The number of hydrogen-bond donors (Lipinski definition) is 1. The highest BCUT2D eigenvalue weighted by Gasteiger charge is 2.06. The molecule has 0 bridgehead atoms. The van der Waals surface area contributed by atoms with Crippen molar-refractivity contribution < 1.29 is 9.50 Å². The summed E-state index contributed by atoms with van der Waals surface area (Å²) in [6, 6.07) is 7.01. The normalized spacial score (nSPS) is 9.95. The number of nitriles is 1. The molecule has 3 nitrogen and oxygen atoms in total. The number of aliphatic hydroxyl groups is 1.